The van der Waals surface area contributed by atoms with Crippen LogP contribution in [0.15, 0.2) is 61.2 Å². The van der Waals surface area contributed by atoms with Crippen LogP contribution in [-0.4, -0.2) is 174 Å². The van der Waals surface area contributed by atoms with E-state index in [1.165, 1.54) is 20.6 Å². The second-order valence-corrected chi connectivity index (χ2v) is 23.8. The number of rotatable bonds is 9. The number of aromatic hydroxyl groups is 1. The molecule has 6 aromatic heterocycles. The van der Waals surface area contributed by atoms with Crippen LogP contribution in [0.5, 0.6) is 29.4 Å². The summed E-state index contributed by atoms with van der Waals surface area (Å²) < 4.78 is 43.8. The Bertz CT molecular complexity index is 3780. The number of nitrogens with zero attached hydrogens (tertiary/aromatic N) is 14. The van der Waals surface area contributed by atoms with Gasteiger partial charge in [-0.05, 0) is 129 Å². The van der Waals surface area contributed by atoms with Crippen LogP contribution in [-0.2, 0) is 28.6 Å². The van der Waals surface area contributed by atoms with Gasteiger partial charge < -0.3 is 69.4 Å². The molecule has 2 amide bonds. The van der Waals surface area contributed by atoms with E-state index in [2.05, 4.69) is 55.9 Å². The fraction of sp³-hybridized carbons (Fsp3) is 0.500. The summed E-state index contributed by atoms with van der Waals surface area (Å²) in [6.07, 6.45) is 12.6. The van der Waals surface area contributed by atoms with Crippen molar-refractivity contribution in [3.8, 4) is 29.4 Å². The quantitative estimate of drug-likeness (QED) is 0.0927. The van der Waals surface area contributed by atoms with Gasteiger partial charge >= 0.3 is 162 Å². The van der Waals surface area contributed by atoms with Crippen molar-refractivity contribution in [3.05, 3.63) is 77.5 Å². The van der Waals surface area contributed by atoms with Crippen molar-refractivity contribution in [1.82, 2.24) is 59.3 Å². The average Bonchev–Trinajstić information content (AvgIpc) is 1.66. The molecular weight excluding hydrogens is 1450 g/mol. The third-order valence-electron chi connectivity index (χ3n) is 14.9. The topological polar surface area (TPSA) is 294 Å². The van der Waals surface area contributed by atoms with Crippen molar-refractivity contribution in [2.45, 2.75) is 125 Å². The number of carbonyl (C=O) groups excluding carboxylic acids is 3. The van der Waals surface area contributed by atoms with Crippen molar-refractivity contribution < 1.29 is 202 Å². The summed E-state index contributed by atoms with van der Waals surface area (Å²) in [6, 6.07) is 12.1. The van der Waals surface area contributed by atoms with Crippen LogP contribution in [0.1, 0.15) is 113 Å². The van der Waals surface area contributed by atoms with Gasteiger partial charge in [0.1, 0.15) is 45.4 Å². The molecule has 0 bridgehead atoms. The van der Waals surface area contributed by atoms with E-state index in [9.17, 15) is 14.7 Å². The van der Waals surface area contributed by atoms with E-state index >= 15 is 0 Å². The number of pyridine rings is 2. The van der Waals surface area contributed by atoms with Gasteiger partial charge in [-0.3, -0.25) is 4.79 Å². The summed E-state index contributed by atoms with van der Waals surface area (Å²) in [5.41, 5.74) is 3.75. The van der Waals surface area contributed by atoms with E-state index in [-0.39, 0.29) is 190 Å². The van der Waals surface area contributed by atoms with Crippen LogP contribution in [0, 0.1) is 13.8 Å². The molecule has 8 aromatic rings. The zero-order valence-electron chi connectivity index (χ0n) is 54.8. The molecule has 27 nitrogen and oxygen atoms in total. The fourth-order valence-corrected chi connectivity index (χ4v) is 10.7. The number of methoxy groups -OCH3 is 2. The monoisotopic (exact) mass is 1530 g/mol. The van der Waals surface area contributed by atoms with Crippen LogP contribution in [0.3, 0.4) is 0 Å². The Hall–Kier alpha value is -4.56. The number of halogens is 1. The van der Waals surface area contributed by atoms with E-state index in [0.29, 0.717) is 91.7 Å². The molecule has 4 saturated heterocycles. The van der Waals surface area contributed by atoms with Crippen LogP contribution in [0.4, 0.5) is 21.2 Å². The van der Waals surface area contributed by atoms with Gasteiger partial charge in [0.25, 0.3) is 6.47 Å². The number of fused-ring (bicyclic) bond motifs is 4. The molecule has 2 aromatic carbocycles. The number of hydrogen-bond acceptors (Lipinski definition) is 23. The zero-order chi connectivity index (χ0) is 63.6. The van der Waals surface area contributed by atoms with Gasteiger partial charge in [0.05, 0.1) is 53.8 Å². The molecule has 10 heterocycles. The Balaban J connectivity index is 0.000000262. The van der Waals surface area contributed by atoms with Crippen molar-refractivity contribution in [1.29, 1.82) is 0 Å². The van der Waals surface area contributed by atoms with Gasteiger partial charge in [-0.15, -0.1) is 0 Å². The SMILES string of the molecule is C.COc1nc(N2CCN(C(=O)OC(C)(C)C)CC2)c2ccnc(Cl)c2n1.COc1nc(N2CCN(C(=O)OC(C)(C)C)CC2)c2ccnc(Oc3c(C)ccc4c3cnn4C3CCCCO3)c2n1.Cc1ccc2c(cnn2C2CCCCO2)c1O.O=CO[O-].[Cs+].[Cs+].[H-]. The minimum atomic E-state index is -0.543. The number of benzene rings is 2. The molecule has 4 aliphatic heterocycles. The van der Waals surface area contributed by atoms with Crippen molar-refractivity contribution >= 4 is 85.5 Å². The molecule has 4 fully saturated rings. The van der Waals surface area contributed by atoms with Crippen LogP contribution in [0.25, 0.3) is 43.6 Å². The molecule has 0 radical (unpaired) electrons. The molecule has 12 rings (SSSR count). The van der Waals surface area contributed by atoms with E-state index in [4.69, 9.17) is 59.8 Å². The summed E-state index contributed by atoms with van der Waals surface area (Å²) in [4.78, 5) is 70.5. The third kappa shape index (κ3) is 19.1. The number of aryl methyl sites for hydroxylation is 2. The summed E-state index contributed by atoms with van der Waals surface area (Å²) in [5, 5.41) is 31.0. The normalized spacial score (nSPS) is 16.6. The van der Waals surface area contributed by atoms with Crippen molar-refractivity contribution in [2.75, 3.05) is 89.6 Å². The minimum absolute atomic E-state index is 0. The van der Waals surface area contributed by atoms with Crippen LogP contribution in [0.2, 0.25) is 5.15 Å². The first-order chi connectivity index (χ1) is 42.7. The number of aromatic nitrogens is 10. The van der Waals surface area contributed by atoms with Crippen LogP contribution < -0.4 is 167 Å². The first kappa shape index (κ1) is 76.5. The predicted octanol–water partition coefficient (Wildman–Crippen LogP) is 3.92. The smallest absolute Gasteiger partial charge is 1.00 e. The Morgan fingerprint density at radius 3 is 1.54 bits per heavy atom. The number of piperazine rings is 2. The summed E-state index contributed by atoms with van der Waals surface area (Å²) in [5.74, 6) is 2.76. The number of ether oxygens (including phenoxy) is 7. The van der Waals surface area contributed by atoms with Gasteiger partial charge in [-0.25, -0.2) is 28.9 Å². The summed E-state index contributed by atoms with van der Waals surface area (Å²) >= 11 is 6.18. The fourth-order valence-electron chi connectivity index (χ4n) is 10.5. The molecule has 0 saturated carbocycles. The second kappa shape index (κ2) is 34.9. The Labute approximate surface area is 659 Å². The van der Waals surface area contributed by atoms with Gasteiger partial charge in [0.15, 0.2) is 17.6 Å². The second-order valence-electron chi connectivity index (χ2n) is 23.4. The Kier molecular flexibility index (Phi) is 29.0. The van der Waals surface area contributed by atoms with Crippen molar-refractivity contribution in [3.63, 3.8) is 0 Å². The molecule has 1 N–H and O–H groups in total. The number of hydrogen-bond donors (Lipinski definition) is 1. The van der Waals surface area contributed by atoms with Crippen LogP contribution >= 0.6 is 11.6 Å². The third-order valence-corrected chi connectivity index (χ3v) is 15.2. The average molecular weight is 1530 g/mol. The number of amides is 2. The number of phenols is 1. The van der Waals surface area contributed by atoms with E-state index < -0.39 is 11.2 Å². The van der Waals surface area contributed by atoms with E-state index in [0.717, 1.165) is 94.8 Å². The number of phenolic OH excluding ortho intramolecular Hbond substituents is 1. The van der Waals surface area contributed by atoms with Gasteiger partial charge in [-0.2, -0.15) is 30.1 Å². The molecule has 30 heteroatoms. The first-order valence-electron chi connectivity index (χ1n) is 29.5. The molecule has 2 atom stereocenters. The van der Waals surface area contributed by atoms with Gasteiger partial charge in [0.2, 0.25) is 5.88 Å². The summed E-state index contributed by atoms with van der Waals surface area (Å²) in [7, 11) is 3.05. The largest absolute Gasteiger partial charge is 1.00 e. The summed E-state index contributed by atoms with van der Waals surface area (Å²) in [6.45, 7) is 20.9. The molecule has 0 aliphatic carbocycles. The molecule has 486 valence electrons. The predicted molar refractivity (Wildman–Crippen MR) is 336 cm³/mol. The molecule has 92 heavy (non-hydrogen) atoms. The van der Waals surface area contributed by atoms with Crippen molar-refractivity contribution in [2.24, 2.45) is 0 Å². The first-order valence-corrected chi connectivity index (χ1v) is 29.9. The minimum Gasteiger partial charge on any atom is -1.00 e. The maximum atomic E-state index is 12.6. The molecular formula is C62H81ClCs2N14O13. The van der Waals surface area contributed by atoms with Gasteiger partial charge in [0, 0.05) is 83.4 Å². The molecule has 4 aliphatic rings. The molecule has 2 unspecified atom stereocenters. The Morgan fingerprint density at radius 1 is 0.641 bits per heavy atom. The number of carbonyl (C=O) groups is 3. The molecule has 0 spiro atoms. The standard InChI is InChI=1S/C30H37N7O5.C17H22ClN5O3.C13H16N2O2.CH2O3.CH4.2Cs.H/c1-19-9-10-22-21(18-32-37(22)23-8-6-7-17-40-23)25(19)41-27-24-20(11-12-31-27)26(34-28(33-24)39-5)35-13-15-36(16-14-35)29(38)42-30(2,3)4;1-17(2,3)26-16(24)23-9-7-22(8-10-23)14-11-5-6-19-13(18)12(11)20-15(21-14)25-4;1-9-5-6-11-10(13(9)16)8-14-15(11)12-4-2-3-7-17-12;2-1-4-3;;;;/h9-12,18,23H,6-8,13-17H2,1-5H3;5-6H,7-10H2,1-4H3;5-6,8,12,16H,2-4,7H2,1H3;1,3H;1H4;;;/q;;;;;2*+1;-1/p-1. The number of anilines is 2. The van der Waals surface area contributed by atoms with E-state index in [1.807, 2.05) is 101 Å². The van der Waals surface area contributed by atoms with E-state index in [1.54, 1.807) is 28.4 Å². The maximum Gasteiger partial charge on any atom is 1.00 e. The van der Waals surface area contributed by atoms with Gasteiger partial charge in [-0.1, -0.05) is 31.2 Å². The maximum absolute atomic E-state index is 12.6. The Morgan fingerprint density at radius 2 is 1.09 bits per heavy atom. The zero-order valence-corrected chi connectivity index (χ0v) is 67.1.